The molecular weight excluding hydrogens is 168 g/mol. The molecule has 4 heteroatoms. The maximum absolute atomic E-state index is 11.6. The number of nitrogens with two attached hydrogens (primary N) is 1. The van der Waals surface area contributed by atoms with E-state index in [2.05, 4.69) is 0 Å². The summed E-state index contributed by atoms with van der Waals surface area (Å²) in [5.74, 6) is -0.0680. The monoisotopic (exact) mass is 186 g/mol. The molecule has 0 aromatic carbocycles. The predicted octanol–water partition coefficient (Wildman–Crippen LogP) is 0.668. The highest BCUT2D eigenvalue weighted by molar-refractivity contribution is 5.80. The molecule has 1 aliphatic heterocycles. The number of carbonyl (C=O) groups is 1. The first-order chi connectivity index (χ1) is 6.25. The van der Waals surface area contributed by atoms with E-state index < -0.39 is 0 Å². The summed E-state index contributed by atoms with van der Waals surface area (Å²) in [5, 5.41) is 1.42. The van der Waals surface area contributed by atoms with Crippen LogP contribution in [0.15, 0.2) is 0 Å². The zero-order valence-electron chi connectivity index (χ0n) is 8.16. The third kappa shape index (κ3) is 2.97. The molecule has 1 aliphatic rings. The number of rotatable bonds is 3. The second kappa shape index (κ2) is 5.19. The van der Waals surface area contributed by atoms with Crippen molar-refractivity contribution in [3.63, 3.8) is 0 Å². The van der Waals surface area contributed by atoms with Gasteiger partial charge in [-0.05, 0) is 19.3 Å². The van der Waals surface area contributed by atoms with Gasteiger partial charge in [-0.1, -0.05) is 13.3 Å². The van der Waals surface area contributed by atoms with Gasteiger partial charge in [-0.2, -0.15) is 0 Å². The van der Waals surface area contributed by atoms with Crippen LogP contribution in [0.1, 0.15) is 32.6 Å². The molecule has 0 radical (unpaired) electrons. The molecule has 1 heterocycles. The molecule has 13 heavy (non-hydrogen) atoms. The largest absolute Gasteiger partial charge is 0.320 e. The Labute approximate surface area is 79.0 Å². The summed E-state index contributed by atoms with van der Waals surface area (Å²) >= 11 is 0. The van der Waals surface area contributed by atoms with E-state index in [-0.39, 0.29) is 11.9 Å². The molecule has 0 spiro atoms. The van der Waals surface area contributed by atoms with Crippen molar-refractivity contribution in [2.45, 2.75) is 38.6 Å². The van der Waals surface area contributed by atoms with Crippen molar-refractivity contribution in [3.05, 3.63) is 0 Å². The first kappa shape index (κ1) is 10.5. The number of hydrogen-bond donors (Lipinski definition) is 1. The fourth-order valence-electron chi connectivity index (χ4n) is 1.39. The van der Waals surface area contributed by atoms with Crippen LogP contribution in [0.5, 0.6) is 0 Å². The minimum Gasteiger partial charge on any atom is -0.320 e. The van der Waals surface area contributed by atoms with E-state index in [0.29, 0.717) is 13.2 Å². The summed E-state index contributed by atoms with van der Waals surface area (Å²) in [6.45, 7) is 3.35. The van der Waals surface area contributed by atoms with E-state index in [1.807, 2.05) is 6.92 Å². The highest BCUT2D eigenvalue weighted by atomic mass is 16.7. The van der Waals surface area contributed by atoms with Gasteiger partial charge < -0.3 is 5.73 Å². The van der Waals surface area contributed by atoms with Crippen LogP contribution >= 0.6 is 0 Å². The molecule has 76 valence electrons. The Hall–Kier alpha value is -0.610. The molecule has 0 aromatic heterocycles. The minimum atomic E-state index is -0.386. The predicted molar refractivity (Wildman–Crippen MR) is 49.8 cm³/mol. The number of nitrogens with zero attached hydrogens (tertiary/aromatic N) is 1. The van der Waals surface area contributed by atoms with Gasteiger partial charge in [-0.3, -0.25) is 9.63 Å². The molecule has 1 rings (SSSR count). The van der Waals surface area contributed by atoms with E-state index >= 15 is 0 Å². The molecule has 0 saturated carbocycles. The topological polar surface area (TPSA) is 55.6 Å². The third-order valence-electron chi connectivity index (χ3n) is 2.17. The van der Waals surface area contributed by atoms with Crippen LogP contribution in [-0.2, 0) is 9.63 Å². The zero-order chi connectivity index (χ0) is 9.68. The number of carbonyl (C=O) groups excluding carboxylic acids is 1. The Kier molecular flexibility index (Phi) is 4.18. The summed E-state index contributed by atoms with van der Waals surface area (Å²) in [7, 11) is 0. The quantitative estimate of drug-likeness (QED) is 0.704. The molecule has 1 saturated heterocycles. The van der Waals surface area contributed by atoms with E-state index in [9.17, 15) is 4.79 Å². The van der Waals surface area contributed by atoms with E-state index in [0.717, 1.165) is 25.7 Å². The van der Waals surface area contributed by atoms with E-state index in [1.165, 1.54) is 5.06 Å². The van der Waals surface area contributed by atoms with Gasteiger partial charge in [0.25, 0.3) is 5.91 Å². The van der Waals surface area contributed by atoms with Gasteiger partial charge in [0.05, 0.1) is 12.6 Å². The van der Waals surface area contributed by atoms with Gasteiger partial charge >= 0.3 is 0 Å². The number of hydroxylamine groups is 2. The fraction of sp³-hybridized carbons (Fsp3) is 0.889. The van der Waals surface area contributed by atoms with Gasteiger partial charge in [0.1, 0.15) is 0 Å². The fourth-order valence-corrected chi connectivity index (χ4v) is 1.39. The summed E-state index contributed by atoms with van der Waals surface area (Å²) in [6, 6.07) is -0.386. The number of hydrogen-bond acceptors (Lipinski definition) is 3. The highest BCUT2D eigenvalue weighted by Crippen LogP contribution is 2.08. The van der Waals surface area contributed by atoms with Crippen LogP contribution in [-0.4, -0.2) is 30.2 Å². The van der Waals surface area contributed by atoms with Crippen LogP contribution in [0.4, 0.5) is 0 Å². The van der Waals surface area contributed by atoms with Crippen LogP contribution in [0.3, 0.4) is 0 Å². The smallest absolute Gasteiger partial charge is 0.263 e. The lowest BCUT2D eigenvalue weighted by Gasteiger charge is -2.27. The lowest BCUT2D eigenvalue weighted by Crippen LogP contribution is -2.45. The summed E-state index contributed by atoms with van der Waals surface area (Å²) in [4.78, 5) is 16.8. The van der Waals surface area contributed by atoms with Crippen molar-refractivity contribution in [2.24, 2.45) is 5.73 Å². The highest BCUT2D eigenvalue weighted by Gasteiger charge is 2.22. The average Bonchev–Trinajstić information content (AvgIpc) is 2.18. The van der Waals surface area contributed by atoms with E-state index in [1.54, 1.807) is 0 Å². The normalized spacial score (nSPS) is 20.0. The first-order valence-corrected chi connectivity index (χ1v) is 4.95. The summed E-state index contributed by atoms with van der Waals surface area (Å²) < 4.78 is 0. The van der Waals surface area contributed by atoms with Gasteiger partial charge in [0, 0.05) is 6.54 Å². The van der Waals surface area contributed by atoms with Crippen LogP contribution < -0.4 is 5.73 Å². The molecule has 1 fully saturated rings. The number of amides is 1. The molecular formula is C9H18N2O2. The molecule has 0 unspecified atom stereocenters. The zero-order valence-corrected chi connectivity index (χ0v) is 8.16. The Morgan fingerprint density at radius 2 is 2.38 bits per heavy atom. The Balaban J connectivity index is 2.36. The van der Waals surface area contributed by atoms with Gasteiger partial charge in [0.15, 0.2) is 0 Å². The molecule has 1 atom stereocenters. The maximum atomic E-state index is 11.6. The minimum absolute atomic E-state index is 0.0680. The Bertz CT molecular complexity index is 167. The summed E-state index contributed by atoms with van der Waals surface area (Å²) in [6.07, 6.45) is 3.72. The Morgan fingerprint density at radius 3 is 2.92 bits per heavy atom. The second-order valence-corrected chi connectivity index (χ2v) is 3.38. The lowest BCUT2D eigenvalue weighted by molar-refractivity contribution is -0.198. The van der Waals surface area contributed by atoms with Crippen molar-refractivity contribution in [1.82, 2.24) is 5.06 Å². The molecule has 2 N–H and O–H groups in total. The standard InChI is InChI=1S/C9H18N2O2/c1-2-5-8(10)9(12)11-6-3-4-7-13-11/h8H,2-7,10H2,1H3/t8-/m0/s1. The molecule has 0 aromatic rings. The molecule has 0 bridgehead atoms. The summed E-state index contributed by atoms with van der Waals surface area (Å²) in [5.41, 5.74) is 5.69. The maximum Gasteiger partial charge on any atom is 0.263 e. The molecule has 0 aliphatic carbocycles. The van der Waals surface area contributed by atoms with Crippen LogP contribution in [0, 0.1) is 0 Å². The molecule has 1 amide bonds. The SMILES string of the molecule is CCC[C@H](N)C(=O)N1CCCCO1. The average molecular weight is 186 g/mol. The first-order valence-electron chi connectivity index (χ1n) is 4.95. The van der Waals surface area contributed by atoms with Gasteiger partial charge in [-0.25, -0.2) is 5.06 Å². The van der Waals surface area contributed by atoms with Crippen molar-refractivity contribution in [2.75, 3.05) is 13.2 Å². The van der Waals surface area contributed by atoms with Crippen molar-refractivity contribution < 1.29 is 9.63 Å². The van der Waals surface area contributed by atoms with Gasteiger partial charge in [-0.15, -0.1) is 0 Å². The Morgan fingerprint density at radius 1 is 1.62 bits per heavy atom. The van der Waals surface area contributed by atoms with Crippen LogP contribution in [0.25, 0.3) is 0 Å². The van der Waals surface area contributed by atoms with Crippen LogP contribution in [0.2, 0.25) is 0 Å². The van der Waals surface area contributed by atoms with Crippen molar-refractivity contribution in [1.29, 1.82) is 0 Å². The third-order valence-corrected chi connectivity index (χ3v) is 2.17. The van der Waals surface area contributed by atoms with Crippen molar-refractivity contribution >= 4 is 5.91 Å². The van der Waals surface area contributed by atoms with Gasteiger partial charge in [0.2, 0.25) is 0 Å². The second-order valence-electron chi connectivity index (χ2n) is 3.38. The lowest BCUT2D eigenvalue weighted by atomic mass is 10.1. The van der Waals surface area contributed by atoms with Crippen molar-refractivity contribution in [3.8, 4) is 0 Å². The molecule has 4 nitrogen and oxygen atoms in total. The van der Waals surface area contributed by atoms with E-state index in [4.69, 9.17) is 10.6 Å².